The Morgan fingerprint density at radius 1 is 1.00 bits per heavy atom. The van der Waals surface area contributed by atoms with Gasteiger partial charge in [-0.25, -0.2) is 0 Å². The Labute approximate surface area is 109 Å². The predicted molar refractivity (Wildman–Crippen MR) is 73.3 cm³/mol. The lowest BCUT2D eigenvalue weighted by Gasteiger charge is -2.24. The molecular formula is C16H23NO. The summed E-state index contributed by atoms with van der Waals surface area (Å²) in [6.07, 6.45) is 8.59. The van der Waals surface area contributed by atoms with Gasteiger partial charge in [0, 0.05) is 5.54 Å². The molecule has 1 aromatic rings. The van der Waals surface area contributed by atoms with Gasteiger partial charge in [0.1, 0.15) is 0 Å². The zero-order valence-electron chi connectivity index (χ0n) is 11.0. The second kappa shape index (κ2) is 4.36. The van der Waals surface area contributed by atoms with Crippen molar-refractivity contribution in [3.05, 3.63) is 35.4 Å². The lowest BCUT2D eigenvalue weighted by Crippen LogP contribution is -2.32. The summed E-state index contributed by atoms with van der Waals surface area (Å²) < 4.78 is 0. The smallest absolute Gasteiger partial charge is 0.0653 e. The number of hydrogen-bond donors (Lipinski definition) is 2. The molecule has 2 fully saturated rings. The van der Waals surface area contributed by atoms with Crippen LogP contribution in [0.1, 0.15) is 56.1 Å². The summed E-state index contributed by atoms with van der Waals surface area (Å²) in [6, 6.07) is 8.76. The van der Waals surface area contributed by atoms with Crippen LogP contribution in [0.25, 0.3) is 0 Å². The monoisotopic (exact) mass is 245 g/mol. The molecule has 0 heterocycles. The van der Waals surface area contributed by atoms with E-state index in [0.29, 0.717) is 0 Å². The minimum atomic E-state index is -0.334. The first-order valence-corrected chi connectivity index (χ1v) is 7.20. The Bertz CT molecular complexity index is 413. The molecule has 3 rings (SSSR count). The summed E-state index contributed by atoms with van der Waals surface area (Å²) in [6.45, 7) is 0. The molecule has 0 bridgehead atoms. The molecule has 0 saturated heterocycles. The molecule has 2 saturated carbocycles. The molecule has 2 heteroatoms. The minimum Gasteiger partial charge on any atom is -0.390 e. The van der Waals surface area contributed by atoms with Gasteiger partial charge in [-0.15, -0.1) is 0 Å². The van der Waals surface area contributed by atoms with Gasteiger partial charge in [0.2, 0.25) is 0 Å². The topological polar surface area (TPSA) is 46.2 Å². The van der Waals surface area contributed by atoms with Gasteiger partial charge in [0.25, 0.3) is 0 Å². The first-order chi connectivity index (χ1) is 8.60. The molecule has 98 valence electrons. The van der Waals surface area contributed by atoms with Gasteiger partial charge in [0.05, 0.1) is 5.60 Å². The average molecular weight is 245 g/mol. The highest BCUT2D eigenvalue weighted by Crippen LogP contribution is 2.39. The Kier molecular flexibility index (Phi) is 2.95. The standard InChI is InChI=1S/C16H23NO/c17-16(8-1-2-9-16)14-5-3-13(4-6-14)7-10-15(18)11-12-15/h3-6,18H,1-2,7-12,17H2. The fourth-order valence-electron chi connectivity index (χ4n) is 3.07. The molecule has 3 N–H and O–H groups in total. The van der Waals surface area contributed by atoms with Crippen LogP contribution in [0.15, 0.2) is 24.3 Å². The molecule has 0 unspecified atom stereocenters. The van der Waals surface area contributed by atoms with Gasteiger partial charge in [0.15, 0.2) is 0 Å². The van der Waals surface area contributed by atoms with E-state index in [1.165, 1.54) is 24.0 Å². The lowest BCUT2D eigenvalue weighted by molar-refractivity contribution is 0.140. The van der Waals surface area contributed by atoms with Gasteiger partial charge < -0.3 is 10.8 Å². The molecule has 0 aliphatic heterocycles. The fourth-order valence-corrected chi connectivity index (χ4v) is 3.07. The highest BCUT2D eigenvalue weighted by atomic mass is 16.3. The van der Waals surface area contributed by atoms with Crippen molar-refractivity contribution in [3.63, 3.8) is 0 Å². The molecular weight excluding hydrogens is 222 g/mol. The minimum absolute atomic E-state index is 0.0762. The van der Waals surface area contributed by atoms with Gasteiger partial charge in [-0.3, -0.25) is 0 Å². The summed E-state index contributed by atoms with van der Waals surface area (Å²) in [4.78, 5) is 0. The highest BCUT2D eigenvalue weighted by Gasteiger charge is 2.39. The van der Waals surface area contributed by atoms with Crippen LogP contribution in [0, 0.1) is 0 Å². The average Bonchev–Trinajstić information content (AvgIpc) is 2.95. The van der Waals surface area contributed by atoms with Crippen LogP contribution in [0.3, 0.4) is 0 Å². The Morgan fingerprint density at radius 2 is 1.61 bits per heavy atom. The van der Waals surface area contributed by atoms with Crippen LogP contribution < -0.4 is 5.73 Å². The number of rotatable bonds is 4. The summed E-state index contributed by atoms with van der Waals surface area (Å²) in [5.74, 6) is 0. The van der Waals surface area contributed by atoms with E-state index in [2.05, 4.69) is 24.3 Å². The van der Waals surface area contributed by atoms with Crippen LogP contribution in [0.5, 0.6) is 0 Å². The third-order valence-electron chi connectivity index (χ3n) is 4.73. The van der Waals surface area contributed by atoms with E-state index in [9.17, 15) is 5.11 Å². The van der Waals surface area contributed by atoms with Crippen molar-refractivity contribution in [1.29, 1.82) is 0 Å². The third-order valence-corrected chi connectivity index (χ3v) is 4.73. The number of aliphatic hydroxyl groups is 1. The molecule has 0 spiro atoms. The van der Waals surface area contributed by atoms with Crippen molar-refractivity contribution in [3.8, 4) is 0 Å². The Morgan fingerprint density at radius 3 is 2.17 bits per heavy atom. The van der Waals surface area contributed by atoms with Crippen LogP contribution in [-0.2, 0) is 12.0 Å². The molecule has 0 amide bonds. The van der Waals surface area contributed by atoms with Crippen LogP contribution in [0.4, 0.5) is 0 Å². The molecule has 1 aromatic carbocycles. The van der Waals surface area contributed by atoms with Crippen molar-refractivity contribution in [2.24, 2.45) is 5.73 Å². The molecule has 0 atom stereocenters. The predicted octanol–water partition coefficient (Wildman–Crippen LogP) is 2.87. The van der Waals surface area contributed by atoms with E-state index >= 15 is 0 Å². The zero-order valence-corrected chi connectivity index (χ0v) is 11.0. The second-order valence-electron chi connectivity index (χ2n) is 6.28. The maximum Gasteiger partial charge on any atom is 0.0653 e. The van der Waals surface area contributed by atoms with Crippen LogP contribution in [-0.4, -0.2) is 10.7 Å². The van der Waals surface area contributed by atoms with E-state index < -0.39 is 0 Å². The zero-order chi connectivity index (χ0) is 12.6. The van der Waals surface area contributed by atoms with E-state index in [0.717, 1.165) is 38.5 Å². The van der Waals surface area contributed by atoms with E-state index in [4.69, 9.17) is 5.73 Å². The van der Waals surface area contributed by atoms with E-state index in [1.54, 1.807) is 0 Å². The number of nitrogens with two attached hydrogens (primary N) is 1. The second-order valence-corrected chi connectivity index (χ2v) is 6.28. The number of hydrogen-bond acceptors (Lipinski definition) is 2. The quantitative estimate of drug-likeness (QED) is 0.856. The van der Waals surface area contributed by atoms with Crippen LogP contribution >= 0.6 is 0 Å². The summed E-state index contributed by atoms with van der Waals surface area (Å²) >= 11 is 0. The summed E-state index contributed by atoms with van der Waals surface area (Å²) in [7, 11) is 0. The Hall–Kier alpha value is -0.860. The maximum absolute atomic E-state index is 9.84. The lowest BCUT2D eigenvalue weighted by atomic mass is 9.88. The first kappa shape index (κ1) is 12.2. The number of benzene rings is 1. The van der Waals surface area contributed by atoms with E-state index in [1.807, 2.05) is 0 Å². The van der Waals surface area contributed by atoms with Gasteiger partial charge in [-0.1, -0.05) is 37.1 Å². The molecule has 0 aromatic heterocycles. The molecule has 2 aliphatic carbocycles. The Balaban J connectivity index is 1.65. The van der Waals surface area contributed by atoms with Crippen molar-refractivity contribution >= 4 is 0 Å². The maximum atomic E-state index is 9.84. The largest absolute Gasteiger partial charge is 0.390 e. The SMILES string of the molecule is NC1(c2ccc(CCC3(O)CC3)cc2)CCCC1. The van der Waals surface area contributed by atoms with Crippen molar-refractivity contribution in [2.45, 2.75) is 62.5 Å². The van der Waals surface area contributed by atoms with Crippen molar-refractivity contribution in [1.82, 2.24) is 0 Å². The number of aryl methyl sites for hydroxylation is 1. The summed E-state index contributed by atoms with van der Waals surface area (Å²) in [5.41, 5.74) is 8.64. The van der Waals surface area contributed by atoms with Gasteiger partial charge in [-0.05, 0) is 49.7 Å². The third kappa shape index (κ3) is 2.45. The van der Waals surface area contributed by atoms with Crippen LogP contribution in [0.2, 0.25) is 0 Å². The van der Waals surface area contributed by atoms with Gasteiger partial charge >= 0.3 is 0 Å². The van der Waals surface area contributed by atoms with E-state index in [-0.39, 0.29) is 11.1 Å². The van der Waals surface area contributed by atoms with Crippen molar-refractivity contribution < 1.29 is 5.11 Å². The van der Waals surface area contributed by atoms with Crippen molar-refractivity contribution in [2.75, 3.05) is 0 Å². The molecule has 18 heavy (non-hydrogen) atoms. The fraction of sp³-hybridized carbons (Fsp3) is 0.625. The molecule has 0 radical (unpaired) electrons. The summed E-state index contributed by atoms with van der Waals surface area (Å²) in [5, 5.41) is 9.84. The van der Waals surface area contributed by atoms with Gasteiger partial charge in [-0.2, -0.15) is 0 Å². The highest BCUT2D eigenvalue weighted by molar-refractivity contribution is 5.29. The molecule has 2 nitrogen and oxygen atoms in total. The first-order valence-electron chi connectivity index (χ1n) is 7.20. The normalized spacial score (nSPS) is 24.1. The molecule has 2 aliphatic rings.